The molecule has 6 heteroatoms. The van der Waals surface area contributed by atoms with Crippen molar-refractivity contribution in [2.75, 3.05) is 38.6 Å². The van der Waals surface area contributed by atoms with E-state index in [0.29, 0.717) is 18.8 Å². The molecule has 0 aliphatic carbocycles. The molecule has 1 aliphatic heterocycles. The van der Waals surface area contributed by atoms with Crippen LogP contribution < -0.4 is 5.32 Å². The summed E-state index contributed by atoms with van der Waals surface area (Å²) in [5.74, 6) is -0.369. The van der Waals surface area contributed by atoms with Gasteiger partial charge in [0.2, 0.25) is 0 Å². The first kappa shape index (κ1) is 20.6. The Morgan fingerprint density at radius 2 is 1.83 bits per heavy atom. The van der Waals surface area contributed by atoms with Crippen LogP contribution in [-0.2, 0) is 9.53 Å². The maximum atomic E-state index is 13.0. The maximum Gasteiger partial charge on any atom is 0.330 e. The van der Waals surface area contributed by atoms with E-state index in [1.54, 1.807) is 13.0 Å². The highest BCUT2D eigenvalue weighted by atomic mass is 16.5. The van der Waals surface area contributed by atoms with Gasteiger partial charge in [-0.25, -0.2) is 9.59 Å². The minimum atomic E-state index is -0.369. The quantitative estimate of drug-likeness (QED) is 0.620. The second-order valence-corrected chi connectivity index (χ2v) is 7.02. The molecule has 2 aromatic rings. The number of carbonyl (C=O) groups is 2. The number of anilines is 1. The summed E-state index contributed by atoms with van der Waals surface area (Å²) in [6.07, 6.45) is 3.08. The third-order valence-corrected chi connectivity index (χ3v) is 4.89. The summed E-state index contributed by atoms with van der Waals surface area (Å²) < 4.78 is 4.87. The van der Waals surface area contributed by atoms with Gasteiger partial charge in [0.1, 0.15) is 0 Å². The Hall–Kier alpha value is -3.12. The van der Waals surface area contributed by atoms with Crippen LogP contribution in [0.1, 0.15) is 24.1 Å². The van der Waals surface area contributed by atoms with Crippen molar-refractivity contribution in [1.29, 1.82) is 0 Å². The predicted octanol–water partition coefficient (Wildman–Crippen LogP) is 3.78. The number of piperazine rings is 1. The molecule has 0 aromatic heterocycles. The second kappa shape index (κ2) is 9.89. The van der Waals surface area contributed by atoms with Crippen molar-refractivity contribution in [2.24, 2.45) is 0 Å². The molecular weight excluding hydrogens is 366 g/mol. The number of likely N-dealkylation sites (N-methyl/N-ethyl adjacent to an activating group) is 1. The average Bonchev–Trinajstić information content (AvgIpc) is 2.74. The smallest absolute Gasteiger partial charge is 0.330 e. The van der Waals surface area contributed by atoms with Gasteiger partial charge in [-0.2, -0.15) is 0 Å². The van der Waals surface area contributed by atoms with Gasteiger partial charge in [0.15, 0.2) is 0 Å². The number of esters is 1. The topological polar surface area (TPSA) is 61.9 Å². The molecule has 0 saturated carbocycles. The van der Waals surface area contributed by atoms with E-state index in [9.17, 15) is 9.59 Å². The molecule has 29 heavy (non-hydrogen) atoms. The summed E-state index contributed by atoms with van der Waals surface area (Å²) in [5, 5.41) is 2.99. The third-order valence-electron chi connectivity index (χ3n) is 4.89. The fourth-order valence-electron chi connectivity index (χ4n) is 3.35. The lowest BCUT2D eigenvalue weighted by Crippen LogP contribution is -2.50. The molecule has 0 bridgehead atoms. The van der Waals surface area contributed by atoms with Crippen molar-refractivity contribution >= 4 is 23.8 Å². The number of ether oxygens (including phenoxy) is 1. The van der Waals surface area contributed by atoms with E-state index in [1.165, 1.54) is 6.08 Å². The molecule has 1 saturated heterocycles. The van der Waals surface area contributed by atoms with Gasteiger partial charge in [0.05, 0.1) is 12.6 Å². The van der Waals surface area contributed by atoms with Crippen molar-refractivity contribution in [1.82, 2.24) is 9.80 Å². The van der Waals surface area contributed by atoms with Crippen LogP contribution >= 0.6 is 0 Å². The molecule has 1 aliphatic rings. The largest absolute Gasteiger partial charge is 0.463 e. The molecule has 2 amide bonds. The van der Waals surface area contributed by atoms with Crippen LogP contribution in [0.5, 0.6) is 0 Å². The minimum Gasteiger partial charge on any atom is -0.463 e. The van der Waals surface area contributed by atoms with Crippen molar-refractivity contribution < 1.29 is 14.3 Å². The first-order valence-corrected chi connectivity index (χ1v) is 9.83. The van der Waals surface area contributed by atoms with Gasteiger partial charge in [-0.1, -0.05) is 42.5 Å². The molecule has 2 aromatic carbocycles. The zero-order valence-corrected chi connectivity index (χ0v) is 16.9. The van der Waals surface area contributed by atoms with Crippen LogP contribution in [0.2, 0.25) is 0 Å². The van der Waals surface area contributed by atoms with E-state index >= 15 is 0 Å². The van der Waals surface area contributed by atoms with E-state index in [2.05, 4.69) is 29.4 Å². The van der Waals surface area contributed by atoms with Crippen LogP contribution in [0.25, 0.3) is 6.08 Å². The lowest BCUT2D eigenvalue weighted by atomic mass is 10.0. The van der Waals surface area contributed by atoms with Gasteiger partial charge in [-0.15, -0.1) is 0 Å². The van der Waals surface area contributed by atoms with Crippen LogP contribution in [0.15, 0.2) is 60.7 Å². The number of hydrogen-bond donors (Lipinski definition) is 1. The normalized spacial score (nSPS) is 17.3. The summed E-state index contributed by atoms with van der Waals surface area (Å²) in [5.41, 5.74) is 2.71. The van der Waals surface area contributed by atoms with Gasteiger partial charge in [-0.05, 0) is 43.3 Å². The fraction of sp³-hybridized carbons (Fsp3) is 0.304. The number of nitrogens with zero attached hydrogens (tertiary/aromatic N) is 2. The van der Waals surface area contributed by atoms with E-state index in [-0.39, 0.29) is 18.0 Å². The van der Waals surface area contributed by atoms with Gasteiger partial charge in [0, 0.05) is 31.4 Å². The van der Waals surface area contributed by atoms with Crippen molar-refractivity contribution in [3.8, 4) is 0 Å². The number of amides is 2. The van der Waals surface area contributed by atoms with Crippen LogP contribution in [0.4, 0.5) is 10.5 Å². The van der Waals surface area contributed by atoms with Crippen molar-refractivity contribution in [3.05, 3.63) is 71.8 Å². The molecule has 1 fully saturated rings. The standard InChI is InChI=1S/C23H27N3O3/c1-3-29-22(27)14-11-18-9-12-20(13-10-18)24-23(28)26-16-15-25(2)17-21(26)19-7-5-4-6-8-19/h4-14,21H,3,15-17H2,1-2H3,(H,24,28)/b14-11-/t21-/m0/s1. The van der Waals surface area contributed by atoms with Crippen molar-refractivity contribution in [2.45, 2.75) is 13.0 Å². The molecule has 0 radical (unpaired) electrons. The lowest BCUT2D eigenvalue weighted by Gasteiger charge is -2.40. The molecular formula is C23H27N3O3. The lowest BCUT2D eigenvalue weighted by molar-refractivity contribution is -0.137. The van der Waals surface area contributed by atoms with Crippen LogP contribution in [0, 0.1) is 0 Å². The average molecular weight is 393 g/mol. The molecule has 1 heterocycles. The summed E-state index contributed by atoms with van der Waals surface area (Å²) in [4.78, 5) is 28.5. The molecule has 152 valence electrons. The number of urea groups is 1. The number of hydrogen-bond acceptors (Lipinski definition) is 4. The third kappa shape index (κ3) is 5.68. The van der Waals surface area contributed by atoms with Gasteiger partial charge in [0.25, 0.3) is 0 Å². The highest BCUT2D eigenvalue weighted by molar-refractivity contribution is 5.90. The van der Waals surface area contributed by atoms with E-state index in [1.807, 2.05) is 47.4 Å². The Balaban J connectivity index is 1.66. The highest BCUT2D eigenvalue weighted by Crippen LogP contribution is 2.25. The Labute approximate surface area is 171 Å². The highest BCUT2D eigenvalue weighted by Gasteiger charge is 2.30. The molecule has 1 atom stereocenters. The van der Waals surface area contributed by atoms with E-state index in [0.717, 1.165) is 24.2 Å². The number of nitrogens with one attached hydrogen (secondary N) is 1. The molecule has 6 nitrogen and oxygen atoms in total. The van der Waals surface area contributed by atoms with Crippen molar-refractivity contribution in [3.63, 3.8) is 0 Å². The number of rotatable bonds is 5. The first-order valence-electron chi connectivity index (χ1n) is 9.83. The maximum absolute atomic E-state index is 13.0. The predicted molar refractivity (Wildman–Crippen MR) is 115 cm³/mol. The van der Waals surface area contributed by atoms with Crippen LogP contribution in [0.3, 0.4) is 0 Å². The Bertz CT molecular complexity index is 849. The monoisotopic (exact) mass is 393 g/mol. The summed E-state index contributed by atoms with van der Waals surface area (Å²) in [7, 11) is 2.08. The van der Waals surface area contributed by atoms with Gasteiger partial charge in [-0.3, -0.25) is 0 Å². The SMILES string of the molecule is CCOC(=O)/C=C\c1ccc(NC(=O)N2CCN(C)C[C@H]2c2ccccc2)cc1. The Kier molecular flexibility index (Phi) is 7.03. The molecule has 0 unspecified atom stereocenters. The summed E-state index contributed by atoms with van der Waals surface area (Å²) in [6, 6.07) is 17.4. The summed E-state index contributed by atoms with van der Waals surface area (Å²) in [6.45, 7) is 4.43. The minimum absolute atomic E-state index is 0.0155. The van der Waals surface area contributed by atoms with Gasteiger partial charge >= 0.3 is 12.0 Å². The number of carbonyl (C=O) groups excluding carboxylic acids is 2. The molecule has 0 spiro atoms. The second-order valence-electron chi connectivity index (χ2n) is 7.02. The van der Waals surface area contributed by atoms with E-state index < -0.39 is 0 Å². The number of benzene rings is 2. The Morgan fingerprint density at radius 3 is 2.52 bits per heavy atom. The first-order chi connectivity index (χ1) is 14.1. The zero-order valence-electron chi connectivity index (χ0n) is 16.9. The summed E-state index contributed by atoms with van der Waals surface area (Å²) >= 11 is 0. The fourth-order valence-corrected chi connectivity index (χ4v) is 3.35. The molecule has 1 N–H and O–H groups in total. The Morgan fingerprint density at radius 1 is 1.10 bits per heavy atom. The van der Waals surface area contributed by atoms with Gasteiger partial charge < -0.3 is 19.9 Å². The zero-order chi connectivity index (χ0) is 20.6. The van der Waals surface area contributed by atoms with Crippen LogP contribution in [-0.4, -0.2) is 55.1 Å². The van der Waals surface area contributed by atoms with E-state index in [4.69, 9.17) is 4.74 Å². The molecule has 3 rings (SSSR count).